The molecule has 0 radical (unpaired) electrons. The molecule has 2 aromatic rings. The van der Waals surface area contributed by atoms with Crippen LogP contribution in [0.15, 0.2) is 16.3 Å². The molecular formula is C17H24N2S2. The molecule has 0 saturated heterocycles. The molecule has 0 saturated carbocycles. The van der Waals surface area contributed by atoms with Crippen LogP contribution in [0.1, 0.15) is 48.7 Å². The number of nitrogens with zero attached hydrogens (tertiary/aromatic N) is 1. The maximum absolute atomic E-state index is 5.77. The van der Waals surface area contributed by atoms with Crippen molar-refractivity contribution < 1.29 is 0 Å². The van der Waals surface area contributed by atoms with Gasteiger partial charge in [-0.2, -0.15) is 0 Å². The van der Waals surface area contributed by atoms with Crippen molar-refractivity contribution in [2.45, 2.75) is 56.9 Å². The fourth-order valence-corrected chi connectivity index (χ4v) is 4.55. The third kappa shape index (κ3) is 3.80. The van der Waals surface area contributed by atoms with Crippen molar-refractivity contribution in [2.24, 2.45) is 0 Å². The number of nitrogens with two attached hydrogens (primary N) is 1. The topological polar surface area (TPSA) is 38.9 Å². The second kappa shape index (κ2) is 6.01. The lowest BCUT2D eigenvalue weighted by Gasteiger charge is -2.22. The number of hydrogen-bond donors (Lipinski definition) is 1. The minimum atomic E-state index is 0.198. The van der Waals surface area contributed by atoms with Gasteiger partial charge in [-0.1, -0.05) is 44.2 Å². The molecule has 1 heterocycles. The molecule has 4 heteroatoms. The average Bonchev–Trinajstić information content (AvgIpc) is 2.65. The van der Waals surface area contributed by atoms with Gasteiger partial charge in [0.05, 0.1) is 9.90 Å². The van der Waals surface area contributed by atoms with Crippen LogP contribution in [-0.2, 0) is 11.2 Å². The van der Waals surface area contributed by atoms with Crippen LogP contribution in [0, 0.1) is 20.8 Å². The summed E-state index contributed by atoms with van der Waals surface area (Å²) in [5.41, 5.74) is 12.6. The third-order valence-electron chi connectivity index (χ3n) is 3.68. The van der Waals surface area contributed by atoms with Gasteiger partial charge in [0.25, 0.3) is 0 Å². The minimum absolute atomic E-state index is 0.198. The summed E-state index contributed by atoms with van der Waals surface area (Å²) in [7, 11) is 0. The predicted molar refractivity (Wildman–Crippen MR) is 95.4 cm³/mol. The Labute approximate surface area is 136 Å². The molecule has 0 atom stereocenters. The monoisotopic (exact) mass is 320 g/mol. The van der Waals surface area contributed by atoms with Crippen molar-refractivity contribution in [1.29, 1.82) is 0 Å². The van der Waals surface area contributed by atoms with Crippen molar-refractivity contribution in [3.05, 3.63) is 40.1 Å². The van der Waals surface area contributed by atoms with Gasteiger partial charge in [-0.15, -0.1) is 11.8 Å². The molecule has 21 heavy (non-hydrogen) atoms. The normalized spacial score (nSPS) is 11.9. The van der Waals surface area contributed by atoms with E-state index in [2.05, 4.69) is 51.7 Å². The van der Waals surface area contributed by atoms with Gasteiger partial charge in [0.2, 0.25) is 0 Å². The molecule has 0 amide bonds. The number of nitrogen functional groups attached to an aromatic ring is 1. The van der Waals surface area contributed by atoms with E-state index in [-0.39, 0.29) is 5.41 Å². The fraction of sp³-hybridized carbons (Fsp3) is 0.471. The molecule has 2 N–H and O–H groups in total. The smallest absolute Gasteiger partial charge is 0.181 e. The van der Waals surface area contributed by atoms with E-state index in [0.29, 0.717) is 5.13 Å². The zero-order valence-electron chi connectivity index (χ0n) is 13.7. The van der Waals surface area contributed by atoms with E-state index in [4.69, 9.17) is 5.73 Å². The molecule has 2 rings (SSSR count). The second-order valence-electron chi connectivity index (χ2n) is 6.55. The van der Waals surface area contributed by atoms with E-state index in [1.807, 2.05) is 18.7 Å². The fourth-order valence-electron chi connectivity index (χ4n) is 2.33. The highest BCUT2D eigenvalue weighted by molar-refractivity contribution is 8.00. The van der Waals surface area contributed by atoms with Gasteiger partial charge in [-0.3, -0.25) is 0 Å². The zero-order valence-corrected chi connectivity index (χ0v) is 15.3. The van der Waals surface area contributed by atoms with Crippen LogP contribution >= 0.6 is 23.1 Å². The largest absolute Gasteiger partial charge is 0.375 e. The highest BCUT2D eigenvalue weighted by Gasteiger charge is 2.16. The number of benzene rings is 1. The van der Waals surface area contributed by atoms with Crippen LogP contribution in [0.25, 0.3) is 0 Å². The quantitative estimate of drug-likeness (QED) is 0.786. The summed E-state index contributed by atoms with van der Waals surface area (Å²) in [5.74, 6) is 0.977. The molecule has 1 aromatic carbocycles. The van der Waals surface area contributed by atoms with Crippen molar-refractivity contribution in [2.75, 3.05) is 5.73 Å². The van der Waals surface area contributed by atoms with Gasteiger partial charge >= 0.3 is 0 Å². The first-order valence-electron chi connectivity index (χ1n) is 7.15. The number of hydrogen-bond acceptors (Lipinski definition) is 4. The summed E-state index contributed by atoms with van der Waals surface area (Å²) in [4.78, 5) is 4.29. The lowest BCUT2D eigenvalue weighted by Crippen LogP contribution is -2.12. The first-order chi connectivity index (χ1) is 9.68. The zero-order chi connectivity index (χ0) is 15.8. The Kier molecular flexibility index (Phi) is 4.69. The Hall–Kier alpha value is -1.00. The average molecular weight is 321 g/mol. The molecule has 0 aliphatic heterocycles. The molecule has 114 valence electrons. The highest BCUT2D eigenvalue weighted by Crippen LogP contribution is 2.35. The standard InChI is InChI=1S/C17H24N2S2/c1-10-7-13(17(4,5)6)8-11(2)14(10)9-20-15-12(3)19-16(18)21-15/h7-8H,9H2,1-6H3,(H2,18,19). The molecular weight excluding hydrogens is 296 g/mol. The van der Waals surface area contributed by atoms with Crippen molar-refractivity contribution in [3.63, 3.8) is 0 Å². The molecule has 0 spiro atoms. The maximum atomic E-state index is 5.77. The second-order valence-corrected chi connectivity index (χ2v) is 8.83. The van der Waals surface area contributed by atoms with Crippen LogP contribution < -0.4 is 5.73 Å². The third-order valence-corrected chi connectivity index (χ3v) is 6.06. The summed E-state index contributed by atoms with van der Waals surface area (Å²) in [6.45, 7) is 13.2. The number of thioether (sulfide) groups is 1. The Bertz CT molecular complexity index is 628. The Morgan fingerprint density at radius 2 is 1.71 bits per heavy atom. The molecule has 1 aromatic heterocycles. The van der Waals surface area contributed by atoms with E-state index in [1.165, 1.54) is 26.5 Å². The molecule has 0 unspecified atom stereocenters. The van der Waals surface area contributed by atoms with Crippen molar-refractivity contribution >= 4 is 28.2 Å². The number of rotatable bonds is 3. The van der Waals surface area contributed by atoms with E-state index in [0.717, 1.165) is 11.4 Å². The van der Waals surface area contributed by atoms with Crippen LogP contribution in [0.3, 0.4) is 0 Å². The number of thiazole rings is 1. The Morgan fingerprint density at radius 1 is 1.14 bits per heavy atom. The summed E-state index contributed by atoms with van der Waals surface area (Å²) < 4.78 is 1.23. The Morgan fingerprint density at radius 3 is 2.14 bits per heavy atom. The van der Waals surface area contributed by atoms with Crippen LogP contribution in [0.2, 0.25) is 0 Å². The van der Waals surface area contributed by atoms with Crippen LogP contribution in [-0.4, -0.2) is 4.98 Å². The van der Waals surface area contributed by atoms with Gasteiger partial charge in [0.15, 0.2) is 5.13 Å². The predicted octanol–water partition coefficient (Wildman–Crippen LogP) is 5.24. The van der Waals surface area contributed by atoms with Crippen molar-refractivity contribution in [1.82, 2.24) is 4.98 Å². The highest BCUT2D eigenvalue weighted by atomic mass is 32.2. The Balaban J connectivity index is 2.23. The van der Waals surface area contributed by atoms with E-state index in [9.17, 15) is 0 Å². The lowest BCUT2D eigenvalue weighted by molar-refractivity contribution is 0.589. The van der Waals surface area contributed by atoms with Gasteiger partial charge in [-0.05, 0) is 48.4 Å². The van der Waals surface area contributed by atoms with E-state index in [1.54, 1.807) is 11.3 Å². The molecule has 0 fully saturated rings. The van der Waals surface area contributed by atoms with Gasteiger partial charge in [-0.25, -0.2) is 4.98 Å². The van der Waals surface area contributed by atoms with Crippen molar-refractivity contribution in [3.8, 4) is 0 Å². The number of anilines is 1. The van der Waals surface area contributed by atoms with Gasteiger partial charge < -0.3 is 5.73 Å². The molecule has 0 aliphatic rings. The summed E-state index contributed by atoms with van der Waals surface area (Å²) >= 11 is 3.42. The summed E-state index contributed by atoms with van der Waals surface area (Å²) in [6.07, 6.45) is 0. The summed E-state index contributed by atoms with van der Waals surface area (Å²) in [5, 5.41) is 0.659. The van der Waals surface area contributed by atoms with Crippen LogP contribution in [0.4, 0.5) is 5.13 Å². The van der Waals surface area contributed by atoms with Gasteiger partial charge in [0, 0.05) is 5.75 Å². The maximum Gasteiger partial charge on any atom is 0.181 e. The lowest BCUT2D eigenvalue weighted by atomic mass is 9.84. The number of aryl methyl sites for hydroxylation is 3. The van der Waals surface area contributed by atoms with E-state index >= 15 is 0 Å². The molecule has 2 nitrogen and oxygen atoms in total. The van der Waals surface area contributed by atoms with Gasteiger partial charge in [0.1, 0.15) is 0 Å². The molecule has 0 bridgehead atoms. The van der Waals surface area contributed by atoms with E-state index < -0.39 is 0 Å². The molecule has 0 aliphatic carbocycles. The first kappa shape index (κ1) is 16.4. The first-order valence-corrected chi connectivity index (χ1v) is 8.95. The number of aromatic nitrogens is 1. The summed E-state index contributed by atoms with van der Waals surface area (Å²) in [6, 6.07) is 4.66. The minimum Gasteiger partial charge on any atom is -0.375 e. The SMILES string of the molecule is Cc1cc(C(C)(C)C)cc(C)c1CSc1sc(N)nc1C. The van der Waals surface area contributed by atoms with Crippen LogP contribution in [0.5, 0.6) is 0 Å².